The summed E-state index contributed by atoms with van der Waals surface area (Å²) in [6.07, 6.45) is 4.34. The molecule has 2 heterocycles. The molecule has 0 radical (unpaired) electrons. The average molecular weight is 348 g/mol. The number of likely N-dealkylation sites (N-methyl/N-ethyl adjacent to an activating group) is 1. The van der Waals surface area contributed by atoms with Crippen LogP contribution in [0.15, 0.2) is 12.4 Å². The minimum Gasteiger partial charge on any atom is -0.354 e. The van der Waals surface area contributed by atoms with Crippen molar-refractivity contribution in [3.8, 4) is 0 Å². The fourth-order valence-corrected chi connectivity index (χ4v) is 2.93. The smallest absolute Gasteiger partial charge is 0.315 e. The first-order valence-electron chi connectivity index (χ1n) is 8.74. The first kappa shape index (κ1) is 19.0. The number of hydrogen-bond donors (Lipinski definition) is 2. The second-order valence-corrected chi connectivity index (χ2v) is 6.58. The Hall–Kier alpha value is -2.38. The molecular formula is C17H28N6O2. The van der Waals surface area contributed by atoms with E-state index in [9.17, 15) is 9.59 Å². The average Bonchev–Trinajstić information content (AvgIpc) is 2.61. The molecule has 0 aliphatic carbocycles. The molecule has 2 N–H and O–H groups in total. The summed E-state index contributed by atoms with van der Waals surface area (Å²) < 4.78 is 0. The van der Waals surface area contributed by atoms with Gasteiger partial charge in [-0.2, -0.15) is 0 Å². The summed E-state index contributed by atoms with van der Waals surface area (Å²) in [4.78, 5) is 36.2. The molecular weight excluding hydrogens is 320 g/mol. The van der Waals surface area contributed by atoms with Gasteiger partial charge >= 0.3 is 6.03 Å². The Balaban J connectivity index is 1.90. The van der Waals surface area contributed by atoms with E-state index in [1.807, 2.05) is 6.07 Å². The maximum absolute atomic E-state index is 12.2. The highest BCUT2D eigenvalue weighted by Crippen LogP contribution is 2.18. The number of rotatable bonds is 5. The Labute approximate surface area is 149 Å². The first-order valence-corrected chi connectivity index (χ1v) is 8.74. The van der Waals surface area contributed by atoms with Crippen LogP contribution in [0, 0.1) is 0 Å². The number of urea groups is 1. The molecule has 138 valence electrons. The van der Waals surface area contributed by atoms with Crippen LogP contribution in [0.25, 0.3) is 0 Å². The SMILES string of the molecule is CCc1cc(N2CCC[C@H](NC(=O)N[C@@H](C)C(=O)N(C)C)C2)ncn1. The Bertz CT molecular complexity index is 607. The van der Waals surface area contributed by atoms with Crippen molar-refractivity contribution in [2.75, 3.05) is 32.1 Å². The van der Waals surface area contributed by atoms with Crippen LogP contribution in [0.3, 0.4) is 0 Å². The standard InChI is InChI=1S/C17H28N6O2/c1-5-13-9-15(19-11-18-13)23-8-6-7-14(10-23)21-17(25)20-12(2)16(24)22(3)4/h9,11-12,14H,5-8,10H2,1-4H3,(H2,20,21,25)/t12-,14-/m0/s1. The van der Waals surface area contributed by atoms with Gasteiger partial charge in [-0.1, -0.05) is 6.92 Å². The van der Waals surface area contributed by atoms with Crippen LogP contribution in [-0.2, 0) is 11.2 Å². The number of nitrogens with zero attached hydrogens (tertiary/aromatic N) is 4. The Morgan fingerprint density at radius 2 is 2.16 bits per heavy atom. The highest BCUT2D eigenvalue weighted by atomic mass is 16.2. The van der Waals surface area contributed by atoms with Crippen molar-refractivity contribution in [2.24, 2.45) is 0 Å². The topological polar surface area (TPSA) is 90.5 Å². The zero-order chi connectivity index (χ0) is 18.4. The van der Waals surface area contributed by atoms with Gasteiger partial charge in [0, 0.05) is 45.0 Å². The molecule has 1 aliphatic heterocycles. The fraction of sp³-hybridized carbons (Fsp3) is 0.647. The van der Waals surface area contributed by atoms with Crippen LogP contribution in [0.2, 0.25) is 0 Å². The highest BCUT2D eigenvalue weighted by Gasteiger charge is 2.24. The van der Waals surface area contributed by atoms with Crippen LogP contribution < -0.4 is 15.5 Å². The van der Waals surface area contributed by atoms with E-state index >= 15 is 0 Å². The largest absolute Gasteiger partial charge is 0.354 e. The molecule has 8 nitrogen and oxygen atoms in total. The van der Waals surface area contributed by atoms with Gasteiger partial charge in [0.15, 0.2) is 0 Å². The second kappa shape index (κ2) is 8.64. The third-order valence-corrected chi connectivity index (χ3v) is 4.31. The van der Waals surface area contributed by atoms with Crippen molar-refractivity contribution in [3.05, 3.63) is 18.1 Å². The third-order valence-electron chi connectivity index (χ3n) is 4.31. The van der Waals surface area contributed by atoms with Crippen molar-refractivity contribution in [1.29, 1.82) is 0 Å². The number of amides is 3. The summed E-state index contributed by atoms with van der Waals surface area (Å²) in [6.45, 7) is 5.36. The van der Waals surface area contributed by atoms with Gasteiger partial charge in [-0.25, -0.2) is 14.8 Å². The van der Waals surface area contributed by atoms with Crippen molar-refractivity contribution < 1.29 is 9.59 Å². The van der Waals surface area contributed by atoms with Crippen LogP contribution in [0.4, 0.5) is 10.6 Å². The van der Waals surface area contributed by atoms with E-state index in [4.69, 9.17) is 0 Å². The number of aromatic nitrogens is 2. The molecule has 25 heavy (non-hydrogen) atoms. The molecule has 0 unspecified atom stereocenters. The summed E-state index contributed by atoms with van der Waals surface area (Å²) in [5.74, 6) is 0.767. The number of carbonyl (C=O) groups is 2. The lowest BCUT2D eigenvalue weighted by Crippen LogP contribution is -2.54. The minimum atomic E-state index is -0.552. The monoisotopic (exact) mass is 348 g/mol. The highest BCUT2D eigenvalue weighted by molar-refractivity contribution is 5.86. The maximum Gasteiger partial charge on any atom is 0.315 e. The molecule has 1 aromatic rings. The van der Waals surface area contributed by atoms with Crippen molar-refractivity contribution >= 4 is 17.8 Å². The van der Waals surface area contributed by atoms with Crippen LogP contribution in [0.1, 0.15) is 32.4 Å². The molecule has 0 bridgehead atoms. The maximum atomic E-state index is 12.2. The molecule has 3 amide bonds. The molecule has 1 aromatic heterocycles. The van der Waals surface area contributed by atoms with E-state index in [2.05, 4.69) is 32.4 Å². The van der Waals surface area contributed by atoms with Gasteiger partial charge in [-0.05, 0) is 26.2 Å². The zero-order valence-electron chi connectivity index (χ0n) is 15.5. The Morgan fingerprint density at radius 3 is 2.84 bits per heavy atom. The molecule has 1 saturated heterocycles. The normalized spacial score (nSPS) is 18.4. The van der Waals surface area contributed by atoms with Crippen molar-refractivity contribution in [2.45, 2.75) is 45.2 Å². The van der Waals surface area contributed by atoms with E-state index in [1.165, 1.54) is 4.90 Å². The molecule has 1 fully saturated rings. The molecule has 2 atom stereocenters. The molecule has 0 saturated carbocycles. The Morgan fingerprint density at radius 1 is 1.40 bits per heavy atom. The lowest BCUT2D eigenvalue weighted by atomic mass is 10.1. The lowest BCUT2D eigenvalue weighted by molar-refractivity contribution is -0.130. The lowest BCUT2D eigenvalue weighted by Gasteiger charge is -2.34. The van der Waals surface area contributed by atoms with Gasteiger partial charge < -0.3 is 20.4 Å². The number of nitrogens with one attached hydrogen (secondary N) is 2. The quantitative estimate of drug-likeness (QED) is 0.821. The van der Waals surface area contributed by atoms with E-state index in [-0.39, 0.29) is 18.0 Å². The van der Waals surface area contributed by atoms with E-state index in [0.29, 0.717) is 6.54 Å². The predicted molar refractivity (Wildman–Crippen MR) is 96.5 cm³/mol. The van der Waals surface area contributed by atoms with Crippen molar-refractivity contribution in [1.82, 2.24) is 25.5 Å². The number of aryl methyl sites for hydroxylation is 1. The Kier molecular flexibility index (Phi) is 6.55. The molecule has 1 aliphatic rings. The predicted octanol–water partition coefficient (Wildman–Crippen LogP) is 0.784. The van der Waals surface area contributed by atoms with E-state index in [0.717, 1.165) is 37.3 Å². The second-order valence-electron chi connectivity index (χ2n) is 6.58. The summed E-state index contributed by atoms with van der Waals surface area (Å²) >= 11 is 0. The fourth-order valence-electron chi connectivity index (χ4n) is 2.93. The van der Waals surface area contributed by atoms with Gasteiger partial charge in [0.2, 0.25) is 5.91 Å². The number of hydrogen-bond acceptors (Lipinski definition) is 5. The number of piperidine rings is 1. The summed E-state index contributed by atoms with van der Waals surface area (Å²) in [5, 5.41) is 5.66. The minimum absolute atomic E-state index is 0.0236. The van der Waals surface area contributed by atoms with Crippen molar-refractivity contribution in [3.63, 3.8) is 0 Å². The van der Waals surface area contributed by atoms with E-state index < -0.39 is 6.04 Å². The third kappa shape index (κ3) is 5.30. The summed E-state index contributed by atoms with van der Waals surface area (Å²) in [7, 11) is 3.34. The van der Waals surface area contributed by atoms with Gasteiger partial charge in [0.05, 0.1) is 0 Å². The van der Waals surface area contributed by atoms with Crippen LogP contribution in [0.5, 0.6) is 0 Å². The number of anilines is 1. The summed E-state index contributed by atoms with van der Waals surface area (Å²) in [6, 6.07) is 1.16. The van der Waals surface area contributed by atoms with E-state index in [1.54, 1.807) is 27.3 Å². The summed E-state index contributed by atoms with van der Waals surface area (Å²) in [5.41, 5.74) is 1.01. The van der Waals surface area contributed by atoms with Gasteiger partial charge in [-0.15, -0.1) is 0 Å². The number of carbonyl (C=O) groups excluding carboxylic acids is 2. The molecule has 0 spiro atoms. The first-order chi connectivity index (χ1) is 11.9. The van der Waals surface area contributed by atoms with Crippen LogP contribution in [-0.4, -0.2) is 66.1 Å². The molecule has 2 rings (SSSR count). The van der Waals surface area contributed by atoms with Gasteiger partial charge in [0.25, 0.3) is 0 Å². The van der Waals surface area contributed by atoms with Gasteiger partial charge in [0.1, 0.15) is 18.2 Å². The zero-order valence-corrected chi connectivity index (χ0v) is 15.5. The van der Waals surface area contributed by atoms with Crippen LogP contribution >= 0.6 is 0 Å². The molecule has 8 heteroatoms. The molecule has 0 aromatic carbocycles. The van der Waals surface area contributed by atoms with Gasteiger partial charge in [-0.3, -0.25) is 4.79 Å².